The third kappa shape index (κ3) is 3.60. The number of ether oxygens (including phenoxy) is 3. The van der Waals surface area contributed by atoms with Gasteiger partial charge >= 0.3 is 0 Å². The Morgan fingerprint density at radius 2 is 1.19 bits per heavy atom. The van der Waals surface area contributed by atoms with Gasteiger partial charge < -0.3 is 14.2 Å². The minimum Gasteiger partial charge on any atom is -0.497 e. The maximum Gasteiger partial charge on any atom is 0.122 e. The molecule has 4 aromatic carbocycles. The van der Waals surface area contributed by atoms with E-state index >= 15 is 0 Å². The molecule has 0 N–H and O–H groups in total. The Morgan fingerprint density at radius 1 is 0.630 bits per heavy atom. The Morgan fingerprint density at radius 3 is 1.74 bits per heavy atom. The van der Waals surface area contributed by atoms with E-state index in [1.807, 2.05) is 18.2 Å². The van der Waals surface area contributed by atoms with Crippen LogP contribution in [0.2, 0.25) is 0 Å². The van der Waals surface area contributed by atoms with Crippen LogP contribution in [-0.4, -0.2) is 14.2 Å². The van der Waals surface area contributed by atoms with Crippen LogP contribution in [0.15, 0.2) is 72.8 Å². The molecule has 0 spiro atoms. The van der Waals surface area contributed by atoms with Gasteiger partial charge in [0.15, 0.2) is 0 Å². The second kappa shape index (κ2) is 7.68. The van der Waals surface area contributed by atoms with Gasteiger partial charge in [-0.3, -0.25) is 0 Å². The summed E-state index contributed by atoms with van der Waals surface area (Å²) < 4.78 is 16.8. The predicted octanol–water partition coefficient (Wildman–Crippen LogP) is 5.73. The average Bonchev–Trinajstić information content (AvgIpc) is 2.73. The topological polar surface area (TPSA) is 27.7 Å². The van der Waals surface area contributed by atoms with E-state index in [1.54, 1.807) is 14.2 Å². The quantitative estimate of drug-likeness (QED) is 0.412. The van der Waals surface area contributed by atoms with Crippen LogP contribution in [0.5, 0.6) is 11.5 Å². The Kier molecular flexibility index (Phi) is 4.95. The van der Waals surface area contributed by atoms with E-state index in [1.165, 1.54) is 27.1 Å². The summed E-state index contributed by atoms with van der Waals surface area (Å²) in [5, 5.41) is 4.94. The summed E-state index contributed by atoms with van der Waals surface area (Å²) in [5.74, 6) is 1.53. The zero-order valence-electron chi connectivity index (χ0n) is 15.6. The second-order valence-corrected chi connectivity index (χ2v) is 6.51. The third-order valence-electron chi connectivity index (χ3n) is 4.81. The molecule has 27 heavy (non-hydrogen) atoms. The molecule has 0 heterocycles. The van der Waals surface area contributed by atoms with Crippen molar-refractivity contribution in [3.8, 4) is 11.5 Å². The fraction of sp³-hybridized carbons (Fsp3) is 0.167. The largest absolute Gasteiger partial charge is 0.497 e. The molecule has 0 bridgehead atoms. The lowest BCUT2D eigenvalue weighted by Crippen LogP contribution is -1.98. The van der Waals surface area contributed by atoms with Crippen LogP contribution in [0.3, 0.4) is 0 Å². The Labute approximate surface area is 159 Å². The van der Waals surface area contributed by atoms with E-state index < -0.39 is 0 Å². The summed E-state index contributed by atoms with van der Waals surface area (Å²) in [6, 6.07) is 25.0. The first-order valence-electron chi connectivity index (χ1n) is 8.97. The van der Waals surface area contributed by atoms with Gasteiger partial charge in [-0.2, -0.15) is 0 Å². The van der Waals surface area contributed by atoms with Crippen molar-refractivity contribution in [3.63, 3.8) is 0 Å². The maximum atomic E-state index is 6.11. The summed E-state index contributed by atoms with van der Waals surface area (Å²) >= 11 is 0. The minimum atomic E-state index is 0.491. The zero-order chi connectivity index (χ0) is 18.6. The molecule has 0 aliphatic rings. The van der Waals surface area contributed by atoms with Gasteiger partial charge in [-0.25, -0.2) is 0 Å². The summed E-state index contributed by atoms with van der Waals surface area (Å²) in [6.45, 7) is 1.03. The molecule has 0 fully saturated rings. The molecule has 0 aliphatic carbocycles. The fourth-order valence-electron chi connectivity index (χ4n) is 3.48. The van der Waals surface area contributed by atoms with Gasteiger partial charge in [-0.1, -0.05) is 48.5 Å². The predicted molar refractivity (Wildman–Crippen MR) is 109 cm³/mol. The second-order valence-electron chi connectivity index (χ2n) is 6.51. The lowest BCUT2D eigenvalue weighted by Gasteiger charge is -2.13. The van der Waals surface area contributed by atoms with Crippen LogP contribution in [0.1, 0.15) is 11.1 Å². The highest BCUT2D eigenvalue weighted by atomic mass is 16.5. The molecule has 3 heteroatoms. The molecule has 0 radical (unpaired) electrons. The molecule has 4 rings (SSSR count). The highest BCUT2D eigenvalue weighted by molar-refractivity contribution is 6.02. The first kappa shape index (κ1) is 17.4. The van der Waals surface area contributed by atoms with Crippen molar-refractivity contribution in [2.45, 2.75) is 13.2 Å². The lowest BCUT2D eigenvalue weighted by molar-refractivity contribution is 0.108. The van der Waals surface area contributed by atoms with E-state index in [2.05, 4.69) is 54.6 Å². The molecule has 0 aliphatic heterocycles. The van der Waals surface area contributed by atoms with Crippen molar-refractivity contribution in [2.24, 2.45) is 0 Å². The van der Waals surface area contributed by atoms with Gasteiger partial charge in [0.25, 0.3) is 0 Å². The summed E-state index contributed by atoms with van der Waals surface area (Å²) in [5.41, 5.74) is 2.24. The number of hydrogen-bond donors (Lipinski definition) is 0. The molecular formula is C24H22O3. The van der Waals surface area contributed by atoms with Crippen molar-refractivity contribution >= 4 is 21.5 Å². The summed E-state index contributed by atoms with van der Waals surface area (Å²) in [7, 11) is 3.31. The van der Waals surface area contributed by atoms with E-state index in [4.69, 9.17) is 14.2 Å². The average molecular weight is 358 g/mol. The molecule has 0 amide bonds. The van der Waals surface area contributed by atoms with Crippen molar-refractivity contribution < 1.29 is 14.2 Å². The smallest absolute Gasteiger partial charge is 0.122 e. The number of hydrogen-bond acceptors (Lipinski definition) is 3. The molecule has 0 saturated carbocycles. The van der Waals surface area contributed by atoms with Gasteiger partial charge in [0.05, 0.1) is 27.4 Å². The van der Waals surface area contributed by atoms with Crippen molar-refractivity contribution in [1.82, 2.24) is 0 Å². The molecule has 136 valence electrons. The van der Waals surface area contributed by atoms with E-state index in [-0.39, 0.29) is 0 Å². The molecular weight excluding hydrogens is 336 g/mol. The number of benzene rings is 4. The maximum absolute atomic E-state index is 6.11. The van der Waals surface area contributed by atoms with E-state index in [9.17, 15) is 0 Å². The number of fused-ring (bicyclic) bond motifs is 2. The first-order valence-corrected chi connectivity index (χ1v) is 8.97. The highest BCUT2D eigenvalue weighted by Crippen LogP contribution is 2.29. The normalized spacial score (nSPS) is 11.0. The van der Waals surface area contributed by atoms with Crippen LogP contribution >= 0.6 is 0 Å². The molecule has 0 unspecified atom stereocenters. The first-order chi connectivity index (χ1) is 13.3. The molecule has 0 aromatic heterocycles. The van der Waals surface area contributed by atoms with Crippen molar-refractivity contribution in [3.05, 3.63) is 83.9 Å². The minimum absolute atomic E-state index is 0.491. The number of rotatable bonds is 6. The molecule has 3 nitrogen and oxygen atoms in total. The van der Waals surface area contributed by atoms with E-state index in [0.717, 1.165) is 17.1 Å². The van der Waals surface area contributed by atoms with Crippen molar-refractivity contribution in [2.75, 3.05) is 14.2 Å². The van der Waals surface area contributed by atoms with Gasteiger partial charge in [-0.15, -0.1) is 0 Å². The van der Waals surface area contributed by atoms with Crippen molar-refractivity contribution in [1.29, 1.82) is 0 Å². The standard InChI is InChI=1S/C24H22O3/c1-25-20-11-17(12-21(14-20)26-2)15-27-16-24-22-9-5-3-7-18(22)13-19-8-4-6-10-23(19)24/h3-14H,15-16H2,1-2H3. The molecule has 0 atom stereocenters. The van der Waals surface area contributed by atoms with Crippen LogP contribution < -0.4 is 9.47 Å². The van der Waals surface area contributed by atoms with Gasteiger partial charge in [0.1, 0.15) is 11.5 Å². The van der Waals surface area contributed by atoms with Crippen LogP contribution in [-0.2, 0) is 18.0 Å². The highest BCUT2D eigenvalue weighted by Gasteiger charge is 2.08. The molecule has 4 aromatic rings. The Balaban J connectivity index is 1.64. The SMILES string of the molecule is COc1cc(COCc2c3ccccc3cc3ccccc23)cc(OC)c1. The van der Waals surface area contributed by atoms with Gasteiger partial charge in [0.2, 0.25) is 0 Å². The fourth-order valence-corrected chi connectivity index (χ4v) is 3.48. The van der Waals surface area contributed by atoms with Crippen LogP contribution in [0.25, 0.3) is 21.5 Å². The Bertz CT molecular complexity index is 1010. The Hall–Kier alpha value is -3.04. The van der Waals surface area contributed by atoms with Gasteiger partial charge in [-0.05, 0) is 50.9 Å². The van der Waals surface area contributed by atoms with Crippen LogP contribution in [0, 0.1) is 0 Å². The summed E-state index contributed by atoms with van der Waals surface area (Å²) in [6.07, 6.45) is 0. The summed E-state index contributed by atoms with van der Waals surface area (Å²) in [4.78, 5) is 0. The number of methoxy groups -OCH3 is 2. The van der Waals surface area contributed by atoms with Crippen LogP contribution in [0.4, 0.5) is 0 Å². The third-order valence-corrected chi connectivity index (χ3v) is 4.81. The molecule has 0 saturated heterocycles. The lowest BCUT2D eigenvalue weighted by atomic mass is 9.97. The zero-order valence-corrected chi connectivity index (χ0v) is 15.6. The monoisotopic (exact) mass is 358 g/mol. The van der Waals surface area contributed by atoms with Gasteiger partial charge in [0, 0.05) is 6.07 Å². The van der Waals surface area contributed by atoms with E-state index in [0.29, 0.717) is 13.2 Å².